The zero-order valence-electron chi connectivity index (χ0n) is 22.1. The van der Waals surface area contributed by atoms with Crippen molar-refractivity contribution in [1.82, 2.24) is 14.8 Å². The van der Waals surface area contributed by atoms with Gasteiger partial charge in [0.25, 0.3) is 5.91 Å². The number of pyridine rings is 1. The Morgan fingerprint density at radius 1 is 1.02 bits per heavy atom. The van der Waals surface area contributed by atoms with Crippen LogP contribution in [-0.4, -0.2) is 59.5 Å². The van der Waals surface area contributed by atoms with Crippen LogP contribution >= 0.6 is 0 Å². The van der Waals surface area contributed by atoms with Crippen LogP contribution in [0.5, 0.6) is 5.75 Å². The van der Waals surface area contributed by atoms with Crippen molar-refractivity contribution in [2.75, 3.05) is 38.5 Å². The number of amides is 1. The number of carbonyl (C=O) groups is 1. The van der Waals surface area contributed by atoms with Crippen molar-refractivity contribution in [2.45, 2.75) is 44.3 Å². The third kappa shape index (κ3) is 6.22. The lowest BCUT2D eigenvalue weighted by atomic mass is 10.0. The summed E-state index contributed by atoms with van der Waals surface area (Å²) in [6.07, 6.45) is 1.08. The van der Waals surface area contributed by atoms with E-state index in [1.54, 1.807) is 24.4 Å². The number of aromatic nitrogens is 1. The second-order valence-corrected chi connectivity index (χ2v) is 10.4. The van der Waals surface area contributed by atoms with Gasteiger partial charge in [0.15, 0.2) is 11.6 Å². The number of nitrogens with zero attached hydrogens (tertiary/aromatic N) is 3. The van der Waals surface area contributed by atoms with E-state index in [0.29, 0.717) is 11.1 Å². The number of halogens is 4. The molecule has 1 unspecified atom stereocenters. The van der Waals surface area contributed by atoms with Crippen molar-refractivity contribution in [3.05, 3.63) is 77.2 Å². The van der Waals surface area contributed by atoms with Gasteiger partial charge in [-0.3, -0.25) is 4.79 Å². The number of likely N-dealkylation sites (tertiary alicyclic amines) is 2. The first-order chi connectivity index (χ1) is 19.2. The fourth-order valence-corrected chi connectivity index (χ4v) is 5.62. The molecular weight excluding hydrogens is 524 g/mol. The van der Waals surface area contributed by atoms with E-state index in [1.165, 1.54) is 25.0 Å². The summed E-state index contributed by atoms with van der Waals surface area (Å²) in [5.74, 6) is -0.987. The van der Waals surface area contributed by atoms with Gasteiger partial charge < -0.3 is 20.3 Å². The van der Waals surface area contributed by atoms with Crippen LogP contribution in [0.1, 0.15) is 47.2 Å². The first-order valence-corrected chi connectivity index (χ1v) is 13.6. The zero-order valence-corrected chi connectivity index (χ0v) is 22.1. The topological polar surface area (TPSA) is 71.7 Å². The molecule has 6 nitrogen and oxygen atoms in total. The van der Waals surface area contributed by atoms with Crippen molar-refractivity contribution in [1.29, 1.82) is 0 Å². The molecule has 212 valence electrons. The molecule has 10 heteroatoms. The summed E-state index contributed by atoms with van der Waals surface area (Å²) in [6.45, 7) is 3.76. The fraction of sp³-hybridized carbons (Fsp3) is 0.400. The summed E-state index contributed by atoms with van der Waals surface area (Å²) >= 11 is 0. The monoisotopic (exact) mass is 556 g/mol. The molecule has 0 bridgehead atoms. The van der Waals surface area contributed by atoms with Crippen molar-refractivity contribution in [3.63, 3.8) is 0 Å². The highest BCUT2D eigenvalue weighted by Gasteiger charge is 2.36. The fourth-order valence-electron chi connectivity index (χ4n) is 5.62. The van der Waals surface area contributed by atoms with E-state index in [-0.39, 0.29) is 42.1 Å². The molecule has 3 heterocycles. The van der Waals surface area contributed by atoms with Gasteiger partial charge in [0, 0.05) is 42.9 Å². The zero-order chi connectivity index (χ0) is 28.3. The quantitative estimate of drug-likeness (QED) is 0.355. The Morgan fingerprint density at radius 2 is 1.77 bits per heavy atom. The molecule has 2 N–H and O–H groups in total. The number of ether oxygens (including phenoxy) is 1. The summed E-state index contributed by atoms with van der Waals surface area (Å²) in [7, 11) is 0. The van der Waals surface area contributed by atoms with Gasteiger partial charge >= 0.3 is 6.18 Å². The Hall–Kier alpha value is -3.66. The number of alkyl halides is 3. The van der Waals surface area contributed by atoms with Gasteiger partial charge in [0.1, 0.15) is 5.82 Å². The highest BCUT2D eigenvalue weighted by molar-refractivity contribution is 5.95. The summed E-state index contributed by atoms with van der Waals surface area (Å²) in [5.41, 5.74) is 6.54. The predicted octanol–water partition coefficient (Wildman–Crippen LogP) is 5.81. The van der Waals surface area contributed by atoms with Gasteiger partial charge in [0.05, 0.1) is 12.2 Å². The Bertz CT molecular complexity index is 1340. The Morgan fingerprint density at radius 3 is 2.50 bits per heavy atom. The molecule has 1 atom stereocenters. The van der Waals surface area contributed by atoms with Gasteiger partial charge in [-0.15, -0.1) is 0 Å². The average Bonchev–Trinajstić information content (AvgIpc) is 3.61. The second-order valence-electron chi connectivity index (χ2n) is 10.4. The lowest BCUT2D eigenvalue weighted by Crippen LogP contribution is -2.42. The van der Waals surface area contributed by atoms with Crippen LogP contribution < -0.4 is 10.5 Å². The maximum Gasteiger partial charge on any atom is 0.419 e. The number of carbonyl (C=O) groups excluding carboxylic acids is 1. The number of rotatable bonds is 8. The van der Waals surface area contributed by atoms with E-state index in [1.807, 2.05) is 17.0 Å². The molecule has 5 rings (SSSR count). The SMILES string of the molecule is Nc1ncc(-c2ccc(C(=O)N3CCCC3CN3CCCC3)cc2)cc1OCCc1cccc(F)c1C(F)(F)F. The highest BCUT2D eigenvalue weighted by Crippen LogP contribution is 2.35. The van der Waals surface area contributed by atoms with Crippen molar-refractivity contribution in [2.24, 2.45) is 0 Å². The minimum absolute atomic E-state index is 0.0308. The Kier molecular flexibility index (Phi) is 8.25. The number of hydrogen-bond donors (Lipinski definition) is 1. The van der Waals surface area contributed by atoms with Gasteiger partial charge in [-0.25, -0.2) is 9.37 Å². The first kappa shape index (κ1) is 27.9. The number of hydrogen-bond acceptors (Lipinski definition) is 5. The summed E-state index contributed by atoms with van der Waals surface area (Å²) in [4.78, 5) is 21.9. The van der Waals surface area contributed by atoms with E-state index in [0.717, 1.165) is 50.7 Å². The average molecular weight is 557 g/mol. The Balaban J connectivity index is 1.24. The summed E-state index contributed by atoms with van der Waals surface area (Å²) in [5, 5.41) is 0. The number of benzene rings is 2. The molecule has 0 aliphatic carbocycles. The number of nitrogens with two attached hydrogens (primary N) is 1. The molecule has 2 saturated heterocycles. The molecule has 0 saturated carbocycles. The van der Waals surface area contributed by atoms with E-state index in [2.05, 4.69) is 9.88 Å². The van der Waals surface area contributed by atoms with Gasteiger partial charge in [0.2, 0.25) is 0 Å². The minimum Gasteiger partial charge on any atom is -0.489 e. The van der Waals surface area contributed by atoms with Crippen LogP contribution in [-0.2, 0) is 12.6 Å². The second kappa shape index (κ2) is 11.8. The first-order valence-electron chi connectivity index (χ1n) is 13.6. The largest absolute Gasteiger partial charge is 0.489 e. The normalized spacial score (nSPS) is 17.9. The molecule has 2 fully saturated rings. The van der Waals surface area contributed by atoms with Crippen LogP contribution in [0.25, 0.3) is 11.1 Å². The highest BCUT2D eigenvalue weighted by atomic mass is 19.4. The van der Waals surface area contributed by atoms with E-state index < -0.39 is 17.6 Å². The van der Waals surface area contributed by atoms with Crippen LogP contribution in [0.3, 0.4) is 0 Å². The molecule has 2 aliphatic heterocycles. The third-order valence-corrected chi connectivity index (χ3v) is 7.66. The minimum atomic E-state index is -4.81. The van der Waals surface area contributed by atoms with Crippen molar-refractivity contribution >= 4 is 11.7 Å². The van der Waals surface area contributed by atoms with Gasteiger partial charge in [-0.1, -0.05) is 24.3 Å². The third-order valence-electron chi connectivity index (χ3n) is 7.66. The molecule has 0 spiro atoms. The van der Waals surface area contributed by atoms with Crippen LogP contribution in [0.2, 0.25) is 0 Å². The van der Waals surface area contributed by atoms with E-state index >= 15 is 0 Å². The molecule has 1 amide bonds. The summed E-state index contributed by atoms with van der Waals surface area (Å²) < 4.78 is 59.4. The van der Waals surface area contributed by atoms with Crippen LogP contribution in [0, 0.1) is 5.82 Å². The molecule has 40 heavy (non-hydrogen) atoms. The Labute approximate surface area is 230 Å². The molecule has 1 aromatic heterocycles. The lowest BCUT2D eigenvalue weighted by molar-refractivity contribution is -0.140. The van der Waals surface area contributed by atoms with Crippen LogP contribution in [0.15, 0.2) is 54.7 Å². The maximum absolute atomic E-state index is 13.9. The van der Waals surface area contributed by atoms with Gasteiger partial charge in [-0.2, -0.15) is 13.2 Å². The number of anilines is 1. The van der Waals surface area contributed by atoms with Gasteiger partial charge in [-0.05, 0) is 74.2 Å². The van der Waals surface area contributed by atoms with Crippen molar-refractivity contribution in [3.8, 4) is 16.9 Å². The lowest BCUT2D eigenvalue weighted by Gasteiger charge is -2.28. The van der Waals surface area contributed by atoms with Crippen LogP contribution in [0.4, 0.5) is 23.4 Å². The molecule has 2 aromatic carbocycles. The van der Waals surface area contributed by atoms with E-state index in [4.69, 9.17) is 10.5 Å². The molecular formula is C30H32F4N4O2. The van der Waals surface area contributed by atoms with Crippen molar-refractivity contribution < 1.29 is 27.1 Å². The standard InChI is InChI=1S/C30H32F4N4O2/c31-25-7-3-5-21(27(25)30(32,33)34)12-16-40-26-17-23(18-36-28(26)35)20-8-10-22(11-9-20)29(39)38-15-4-6-24(38)19-37-13-1-2-14-37/h3,5,7-11,17-18,24H,1-2,4,6,12-16,19H2,(H2,35,36). The van der Waals surface area contributed by atoms with E-state index in [9.17, 15) is 22.4 Å². The molecule has 2 aliphatic rings. The molecule has 3 aromatic rings. The maximum atomic E-state index is 13.9. The molecule has 0 radical (unpaired) electrons. The summed E-state index contributed by atoms with van der Waals surface area (Å²) in [6, 6.07) is 12.4. The smallest absolute Gasteiger partial charge is 0.419 e. The predicted molar refractivity (Wildman–Crippen MR) is 144 cm³/mol. The number of nitrogen functional groups attached to an aromatic ring is 1.